The molecule has 1 rings (SSSR count). The van der Waals surface area contributed by atoms with Crippen LogP contribution in [0.1, 0.15) is 20.3 Å². The lowest BCUT2D eigenvalue weighted by Crippen LogP contribution is -2.48. The van der Waals surface area contributed by atoms with Gasteiger partial charge in [0.2, 0.25) is 0 Å². The van der Waals surface area contributed by atoms with Crippen LogP contribution in [0, 0.1) is 17.8 Å². The van der Waals surface area contributed by atoms with Crippen molar-refractivity contribution < 1.29 is 9.53 Å². The van der Waals surface area contributed by atoms with Crippen molar-refractivity contribution in [3.8, 4) is 0 Å². The Hall–Kier alpha value is -0.570. The van der Waals surface area contributed by atoms with Gasteiger partial charge in [0.05, 0.1) is 7.11 Å². The summed E-state index contributed by atoms with van der Waals surface area (Å²) in [6.07, 6.45) is 0.570. The van der Waals surface area contributed by atoms with Crippen molar-refractivity contribution in [2.24, 2.45) is 17.8 Å². The Labute approximate surface area is 79.8 Å². The monoisotopic (exact) mass is 185 g/mol. The van der Waals surface area contributed by atoms with Crippen molar-refractivity contribution in [1.82, 2.24) is 5.32 Å². The molecule has 0 aromatic carbocycles. The highest BCUT2D eigenvalue weighted by Crippen LogP contribution is 2.27. The van der Waals surface area contributed by atoms with Gasteiger partial charge in [0.15, 0.2) is 0 Å². The normalized spacial score (nSPS) is 19.7. The van der Waals surface area contributed by atoms with Crippen molar-refractivity contribution in [2.75, 3.05) is 20.2 Å². The highest BCUT2D eigenvalue weighted by molar-refractivity contribution is 5.69. The summed E-state index contributed by atoms with van der Waals surface area (Å²) in [6.45, 7) is 6.46. The molecule has 3 heteroatoms. The smallest absolute Gasteiger partial charge is 0.305 e. The minimum absolute atomic E-state index is 0.0781. The summed E-state index contributed by atoms with van der Waals surface area (Å²) < 4.78 is 4.69. The molecule has 1 heterocycles. The summed E-state index contributed by atoms with van der Waals surface area (Å²) in [7, 11) is 1.46. The van der Waals surface area contributed by atoms with E-state index in [9.17, 15) is 4.79 Å². The van der Waals surface area contributed by atoms with Crippen LogP contribution in [-0.4, -0.2) is 26.2 Å². The average molecular weight is 185 g/mol. The highest BCUT2D eigenvalue weighted by Gasteiger charge is 2.30. The zero-order chi connectivity index (χ0) is 9.84. The van der Waals surface area contributed by atoms with Crippen LogP contribution in [0.2, 0.25) is 0 Å². The first kappa shape index (κ1) is 10.5. The number of carbonyl (C=O) groups is 1. The maximum atomic E-state index is 11.1. The first-order valence-corrected chi connectivity index (χ1v) is 4.92. The van der Waals surface area contributed by atoms with Crippen LogP contribution < -0.4 is 5.32 Å². The third-order valence-corrected chi connectivity index (χ3v) is 2.90. The van der Waals surface area contributed by atoms with E-state index in [-0.39, 0.29) is 5.97 Å². The molecule has 1 unspecified atom stereocenters. The van der Waals surface area contributed by atoms with Crippen molar-refractivity contribution in [2.45, 2.75) is 20.3 Å². The number of nitrogens with one attached hydrogen (secondary N) is 1. The third-order valence-electron chi connectivity index (χ3n) is 2.90. The van der Waals surface area contributed by atoms with Crippen molar-refractivity contribution in [3.05, 3.63) is 0 Å². The van der Waals surface area contributed by atoms with E-state index < -0.39 is 0 Å². The van der Waals surface area contributed by atoms with E-state index in [1.165, 1.54) is 7.11 Å². The zero-order valence-electron chi connectivity index (χ0n) is 8.67. The van der Waals surface area contributed by atoms with Gasteiger partial charge in [-0.05, 0) is 30.8 Å². The Morgan fingerprint density at radius 2 is 2.15 bits per heavy atom. The first-order chi connectivity index (χ1) is 6.15. The molecule has 1 N–H and O–H groups in total. The topological polar surface area (TPSA) is 38.3 Å². The van der Waals surface area contributed by atoms with E-state index in [2.05, 4.69) is 19.2 Å². The number of esters is 1. The maximum Gasteiger partial charge on any atom is 0.305 e. The van der Waals surface area contributed by atoms with Crippen LogP contribution in [0.3, 0.4) is 0 Å². The summed E-state index contributed by atoms with van der Waals surface area (Å²) in [5.41, 5.74) is 0. The molecule has 76 valence electrons. The molecule has 1 aliphatic heterocycles. The molecule has 0 radical (unpaired) electrons. The molecule has 3 nitrogen and oxygen atoms in total. The Morgan fingerprint density at radius 3 is 2.46 bits per heavy atom. The van der Waals surface area contributed by atoms with E-state index in [0.717, 1.165) is 13.1 Å². The minimum Gasteiger partial charge on any atom is -0.469 e. The molecule has 13 heavy (non-hydrogen) atoms. The van der Waals surface area contributed by atoms with Gasteiger partial charge in [0, 0.05) is 6.42 Å². The van der Waals surface area contributed by atoms with E-state index in [0.29, 0.717) is 24.2 Å². The van der Waals surface area contributed by atoms with Crippen LogP contribution >= 0.6 is 0 Å². The van der Waals surface area contributed by atoms with E-state index in [1.807, 2.05) is 0 Å². The molecule has 0 aromatic heterocycles. The van der Waals surface area contributed by atoms with Crippen LogP contribution in [0.5, 0.6) is 0 Å². The molecular weight excluding hydrogens is 166 g/mol. The fraction of sp³-hybridized carbons (Fsp3) is 0.900. The molecule has 0 aromatic rings. The second-order valence-corrected chi connectivity index (χ2v) is 4.11. The third kappa shape index (κ3) is 2.69. The predicted molar refractivity (Wildman–Crippen MR) is 51.3 cm³/mol. The number of methoxy groups -OCH3 is 1. The molecule has 1 saturated heterocycles. The maximum absolute atomic E-state index is 11.1. The fourth-order valence-electron chi connectivity index (χ4n) is 1.84. The lowest BCUT2D eigenvalue weighted by molar-refractivity contribution is -0.142. The molecule has 0 amide bonds. The molecular formula is C10H19NO2. The van der Waals surface area contributed by atoms with Gasteiger partial charge in [0.25, 0.3) is 0 Å². The standard InChI is InChI=1S/C10H19NO2/c1-7(2)9(4-10(12)13-3)8-5-11-6-8/h7-9,11H,4-6H2,1-3H3. The summed E-state index contributed by atoms with van der Waals surface area (Å²) in [5.74, 6) is 1.63. The summed E-state index contributed by atoms with van der Waals surface area (Å²) >= 11 is 0. The van der Waals surface area contributed by atoms with Gasteiger partial charge in [0.1, 0.15) is 0 Å². The number of hydrogen-bond acceptors (Lipinski definition) is 3. The van der Waals surface area contributed by atoms with E-state index >= 15 is 0 Å². The number of carbonyl (C=O) groups excluding carboxylic acids is 1. The van der Waals surface area contributed by atoms with Crippen molar-refractivity contribution in [3.63, 3.8) is 0 Å². The summed E-state index contributed by atoms with van der Waals surface area (Å²) in [6, 6.07) is 0. The fourth-order valence-corrected chi connectivity index (χ4v) is 1.84. The highest BCUT2D eigenvalue weighted by atomic mass is 16.5. The quantitative estimate of drug-likeness (QED) is 0.665. The van der Waals surface area contributed by atoms with Gasteiger partial charge >= 0.3 is 5.97 Å². The number of rotatable bonds is 4. The zero-order valence-corrected chi connectivity index (χ0v) is 8.67. The Balaban J connectivity index is 2.42. The van der Waals surface area contributed by atoms with E-state index in [1.54, 1.807) is 0 Å². The van der Waals surface area contributed by atoms with Gasteiger partial charge in [-0.2, -0.15) is 0 Å². The molecule has 0 saturated carbocycles. The van der Waals surface area contributed by atoms with Crippen molar-refractivity contribution in [1.29, 1.82) is 0 Å². The van der Waals surface area contributed by atoms with Gasteiger partial charge in [-0.3, -0.25) is 4.79 Å². The SMILES string of the molecule is COC(=O)CC(C(C)C)C1CNC1. The molecule has 0 bridgehead atoms. The number of ether oxygens (including phenoxy) is 1. The van der Waals surface area contributed by atoms with Gasteiger partial charge in [-0.25, -0.2) is 0 Å². The lowest BCUT2D eigenvalue weighted by atomic mass is 9.78. The Bertz CT molecular complexity index is 176. The Kier molecular flexibility index (Phi) is 3.72. The molecule has 1 aliphatic rings. The predicted octanol–water partition coefficient (Wildman–Crippen LogP) is 1.04. The molecule has 0 spiro atoms. The average Bonchev–Trinajstić information content (AvgIpc) is 1.99. The molecule has 1 fully saturated rings. The second-order valence-electron chi connectivity index (χ2n) is 4.11. The largest absolute Gasteiger partial charge is 0.469 e. The second kappa shape index (κ2) is 4.61. The van der Waals surface area contributed by atoms with Crippen LogP contribution in [-0.2, 0) is 9.53 Å². The first-order valence-electron chi connectivity index (χ1n) is 4.92. The van der Waals surface area contributed by atoms with Gasteiger partial charge < -0.3 is 10.1 Å². The number of hydrogen-bond donors (Lipinski definition) is 1. The van der Waals surface area contributed by atoms with Gasteiger partial charge in [-0.15, -0.1) is 0 Å². The molecule has 0 aliphatic carbocycles. The van der Waals surface area contributed by atoms with Crippen LogP contribution in [0.15, 0.2) is 0 Å². The van der Waals surface area contributed by atoms with Crippen molar-refractivity contribution >= 4 is 5.97 Å². The summed E-state index contributed by atoms with van der Waals surface area (Å²) in [4.78, 5) is 11.1. The van der Waals surface area contributed by atoms with E-state index in [4.69, 9.17) is 4.74 Å². The van der Waals surface area contributed by atoms with Crippen LogP contribution in [0.25, 0.3) is 0 Å². The minimum atomic E-state index is -0.0781. The summed E-state index contributed by atoms with van der Waals surface area (Å²) in [5, 5.41) is 3.24. The van der Waals surface area contributed by atoms with Crippen LogP contribution in [0.4, 0.5) is 0 Å². The Morgan fingerprint density at radius 1 is 1.54 bits per heavy atom. The molecule has 1 atom stereocenters. The lowest BCUT2D eigenvalue weighted by Gasteiger charge is -2.36. The van der Waals surface area contributed by atoms with Gasteiger partial charge in [-0.1, -0.05) is 13.8 Å².